The first kappa shape index (κ1) is 51.5. The van der Waals surface area contributed by atoms with Crippen molar-refractivity contribution in [1.29, 1.82) is 0 Å². The summed E-state index contributed by atoms with van der Waals surface area (Å²) in [5, 5.41) is 43.6. The van der Waals surface area contributed by atoms with Gasteiger partial charge in [0, 0.05) is 0 Å². The van der Waals surface area contributed by atoms with E-state index in [1.165, 1.54) is 135 Å². The summed E-state index contributed by atoms with van der Waals surface area (Å²) in [6.45, 7) is 4.00. The molecule has 4 unspecified atom stereocenters. The summed E-state index contributed by atoms with van der Waals surface area (Å²) in [5.74, 6) is -0.606. The molecule has 0 aromatic carbocycles. The second kappa shape index (κ2) is 41.7. The Morgan fingerprint density at radius 1 is 0.472 bits per heavy atom. The van der Waals surface area contributed by atoms with Gasteiger partial charge in [0.15, 0.2) is 0 Å². The van der Waals surface area contributed by atoms with Gasteiger partial charge in [-0.3, -0.25) is 4.79 Å². The van der Waals surface area contributed by atoms with E-state index in [-0.39, 0.29) is 0 Å². The van der Waals surface area contributed by atoms with Crippen molar-refractivity contribution in [2.24, 2.45) is 0 Å². The smallest absolute Gasteiger partial charge is 0.249 e. The highest BCUT2D eigenvalue weighted by Crippen LogP contribution is 2.16. The molecule has 4 atom stereocenters. The predicted octanol–water partition coefficient (Wildman–Crippen LogP) is 12.1. The molecule has 0 aliphatic rings. The number of hydrogen-bond acceptors (Lipinski definition) is 5. The average molecular weight is 748 g/mol. The molecule has 0 aromatic rings. The molecular weight excluding hydrogens is 659 g/mol. The van der Waals surface area contributed by atoms with Crippen LogP contribution in [0.1, 0.15) is 226 Å². The standard InChI is InChI=1S/C47H89NO5/c1-3-5-7-9-11-13-15-17-19-20-21-22-23-24-25-26-27-29-30-32-34-36-38-40-44(50)46(52)43(42-49)48-47(53)45(51)41-39-37-35-33-31-28-18-16-14-12-10-8-6-4-2/h12,14,16,18,32,34,43-46,49-52H,3-11,13,15,17,19-31,33,35-42H2,1-2H3,(H,48,53)/b14-12-,18-16-,34-32+. The fourth-order valence-electron chi connectivity index (χ4n) is 6.92. The van der Waals surface area contributed by atoms with Gasteiger partial charge in [-0.1, -0.05) is 198 Å². The number of hydrogen-bond donors (Lipinski definition) is 5. The van der Waals surface area contributed by atoms with E-state index >= 15 is 0 Å². The van der Waals surface area contributed by atoms with Crippen molar-refractivity contribution in [1.82, 2.24) is 5.32 Å². The van der Waals surface area contributed by atoms with Gasteiger partial charge >= 0.3 is 0 Å². The maximum atomic E-state index is 12.5. The van der Waals surface area contributed by atoms with E-state index in [1.54, 1.807) is 0 Å². The maximum Gasteiger partial charge on any atom is 0.249 e. The molecule has 0 spiro atoms. The average Bonchev–Trinajstić information content (AvgIpc) is 3.16. The number of amides is 1. The van der Waals surface area contributed by atoms with Crippen LogP contribution in [0, 0.1) is 0 Å². The van der Waals surface area contributed by atoms with E-state index in [9.17, 15) is 25.2 Å². The molecule has 53 heavy (non-hydrogen) atoms. The van der Waals surface area contributed by atoms with Gasteiger partial charge in [-0.05, 0) is 64.2 Å². The SMILES string of the molecule is CCCCC/C=C\C=C/CCCCCCCC(O)C(=O)NC(CO)C(O)C(O)CCC/C=C/CCCCCCCCCCCCCCCCCCCC. The Morgan fingerprint density at radius 2 is 0.830 bits per heavy atom. The van der Waals surface area contributed by atoms with Crippen molar-refractivity contribution < 1.29 is 25.2 Å². The minimum absolute atomic E-state index is 0.344. The molecule has 0 aliphatic heterocycles. The number of rotatable bonds is 41. The molecule has 0 saturated heterocycles. The van der Waals surface area contributed by atoms with E-state index in [0.29, 0.717) is 12.8 Å². The summed E-state index contributed by atoms with van der Waals surface area (Å²) in [6.07, 6.45) is 49.0. The molecule has 0 saturated carbocycles. The van der Waals surface area contributed by atoms with Crippen LogP contribution < -0.4 is 5.32 Å². The van der Waals surface area contributed by atoms with Crippen LogP contribution in [0.3, 0.4) is 0 Å². The van der Waals surface area contributed by atoms with Crippen LogP contribution in [-0.4, -0.2) is 57.3 Å². The van der Waals surface area contributed by atoms with Crippen molar-refractivity contribution in [3.05, 3.63) is 36.5 Å². The minimum Gasteiger partial charge on any atom is -0.394 e. The zero-order valence-corrected chi connectivity index (χ0v) is 35.0. The third-order valence-electron chi connectivity index (χ3n) is 10.6. The Balaban J connectivity index is 3.75. The molecule has 5 N–H and O–H groups in total. The van der Waals surface area contributed by atoms with Gasteiger partial charge in [-0.15, -0.1) is 0 Å². The molecule has 0 rings (SSSR count). The molecule has 0 aliphatic carbocycles. The number of carbonyl (C=O) groups is 1. The summed E-state index contributed by atoms with van der Waals surface area (Å²) >= 11 is 0. The molecule has 0 aromatic heterocycles. The Kier molecular flexibility index (Phi) is 40.5. The minimum atomic E-state index is -1.29. The van der Waals surface area contributed by atoms with E-state index in [1.807, 2.05) is 0 Å². The second-order valence-corrected chi connectivity index (χ2v) is 15.8. The van der Waals surface area contributed by atoms with Crippen molar-refractivity contribution in [2.45, 2.75) is 250 Å². The number of nitrogens with one attached hydrogen (secondary N) is 1. The first-order valence-electron chi connectivity index (χ1n) is 22.9. The second-order valence-electron chi connectivity index (χ2n) is 15.8. The van der Waals surface area contributed by atoms with Gasteiger partial charge < -0.3 is 25.7 Å². The third-order valence-corrected chi connectivity index (χ3v) is 10.6. The Morgan fingerprint density at radius 3 is 1.28 bits per heavy atom. The molecule has 0 heterocycles. The van der Waals surface area contributed by atoms with Crippen LogP contribution in [0.15, 0.2) is 36.5 Å². The lowest BCUT2D eigenvalue weighted by atomic mass is 10.00. The lowest BCUT2D eigenvalue weighted by Gasteiger charge is -2.27. The number of unbranched alkanes of at least 4 members (excludes halogenated alkanes) is 27. The van der Waals surface area contributed by atoms with E-state index in [2.05, 4.69) is 55.6 Å². The predicted molar refractivity (Wildman–Crippen MR) is 228 cm³/mol. The normalized spacial score (nSPS) is 14.5. The van der Waals surface area contributed by atoms with E-state index in [4.69, 9.17) is 0 Å². The molecule has 6 heteroatoms. The fraction of sp³-hybridized carbons (Fsp3) is 0.851. The number of carbonyl (C=O) groups excluding carboxylic acids is 1. The van der Waals surface area contributed by atoms with E-state index in [0.717, 1.165) is 64.2 Å². The fourth-order valence-corrected chi connectivity index (χ4v) is 6.92. The molecule has 1 amide bonds. The van der Waals surface area contributed by atoms with Crippen LogP contribution in [0.4, 0.5) is 0 Å². The van der Waals surface area contributed by atoms with Gasteiger partial charge in [0.05, 0.1) is 18.8 Å². The molecule has 312 valence electrons. The van der Waals surface area contributed by atoms with Crippen LogP contribution >= 0.6 is 0 Å². The Hall–Kier alpha value is -1.47. The number of allylic oxidation sites excluding steroid dienone is 6. The van der Waals surface area contributed by atoms with Crippen LogP contribution in [0.2, 0.25) is 0 Å². The van der Waals surface area contributed by atoms with Crippen molar-refractivity contribution in [2.75, 3.05) is 6.61 Å². The number of aliphatic hydroxyl groups excluding tert-OH is 4. The zero-order valence-electron chi connectivity index (χ0n) is 35.0. The molecule has 0 fully saturated rings. The van der Waals surface area contributed by atoms with Gasteiger partial charge in [-0.25, -0.2) is 0 Å². The van der Waals surface area contributed by atoms with Crippen molar-refractivity contribution in [3.63, 3.8) is 0 Å². The zero-order chi connectivity index (χ0) is 38.9. The van der Waals surface area contributed by atoms with Crippen LogP contribution in [0.5, 0.6) is 0 Å². The van der Waals surface area contributed by atoms with Crippen molar-refractivity contribution >= 4 is 5.91 Å². The highest BCUT2D eigenvalue weighted by atomic mass is 16.3. The summed E-state index contributed by atoms with van der Waals surface area (Å²) in [4.78, 5) is 12.5. The van der Waals surface area contributed by atoms with Gasteiger partial charge in [0.25, 0.3) is 0 Å². The summed E-state index contributed by atoms with van der Waals surface area (Å²) < 4.78 is 0. The van der Waals surface area contributed by atoms with Gasteiger partial charge in [0.2, 0.25) is 5.91 Å². The molecule has 6 nitrogen and oxygen atoms in total. The highest BCUT2D eigenvalue weighted by molar-refractivity contribution is 5.80. The first-order chi connectivity index (χ1) is 26.0. The highest BCUT2D eigenvalue weighted by Gasteiger charge is 2.28. The summed E-state index contributed by atoms with van der Waals surface area (Å²) in [7, 11) is 0. The summed E-state index contributed by atoms with van der Waals surface area (Å²) in [6, 6.07) is -1.01. The maximum absolute atomic E-state index is 12.5. The molecular formula is C47H89NO5. The number of aliphatic hydroxyl groups is 4. The van der Waals surface area contributed by atoms with Gasteiger partial charge in [0.1, 0.15) is 12.2 Å². The lowest BCUT2D eigenvalue weighted by Crippen LogP contribution is -2.53. The molecule has 0 bridgehead atoms. The Labute approximate surface area is 328 Å². The van der Waals surface area contributed by atoms with Crippen LogP contribution in [-0.2, 0) is 4.79 Å². The topological polar surface area (TPSA) is 110 Å². The lowest BCUT2D eigenvalue weighted by molar-refractivity contribution is -0.132. The Bertz CT molecular complexity index is 843. The largest absolute Gasteiger partial charge is 0.394 e. The summed E-state index contributed by atoms with van der Waals surface area (Å²) in [5.41, 5.74) is 0. The first-order valence-corrected chi connectivity index (χ1v) is 22.9. The van der Waals surface area contributed by atoms with Crippen molar-refractivity contribution in [3.8, 4) is 0 Å². The monoisotopic (exact) mass is 748 g/mol. The van der Waals surface area contributed by atoms with Crippen LogP contribution in [0.25, 0.3) is 0 Å². The third kappa shape index (κ3) is 36.0. The quantitative estimate of drug-likeness (QED) is 0.0243. The molecule has 0 radical (unpaired) electrons. The van der Waals surface area contributed by atoms with E-state index < -0.39 is 36.9 Å². The van der Waals surface area contributed by atoms with Gasteiger partial charge in [-0.2, -0.15) is 0 Å².